The molecule has 1 N–H and O–H groups in total. The van der Waals surface area contributed by atoms with Gasteiger partial charge in [-0.1, -0.05) is 25.1 Å². The van der Waals surface area contributed by atoms with E-state index in [1.807, 2.05) is 24.3 Å². The molecule has 2 heterocycles. The first-order valence-electron chi connectivity index (χ1n) is 11.1. The van der Waals surface area contributed by atoms with Gasteiger partial charge in [-0.15, -0.1) is 10.2 Å². The largest absolute Gasteiger partial charge is 0.484 e. The number of nitrogens with zero attached hydrogens (tertiary/aromatic N) is 3. The van der Waals surface area contributed by atoms with E-state index in [9.17, 15) is 18.0 Å². The van der Waals surface area contributed by atoms with Crippen molar-refractivity contribution in [2.45, 2.75) is 25.9 Å². The Kier molecular flexibility index (Phi) is 7.00. The fourth-order valence-corrected chi connectivity index (χ4v) is 3.72. The summed E-state index contributed by atoms with van der Waals surface area (Å²) in [6, 6.07) is 15.4. The van der Waals surface area contributed by atoms with Gasteiger partial charge in [-0.05, 0) is 61.2 Å². The van der Waals surface area contributed by atoms with Crippen molar-refractivity contribution in [2.24, 2.45) is 5.92 Å². The van der Waals surface area contributed by atoms with Crippen LogP contribution in [0, 0.1) is 5.92 Å². The van der Waals surface area contributed by atoms with Crippen molar-refractivity contribution in [3.8, 4) is 17.0 Å². The number of hydrogen-bond donors (Lipinski definition) is 1. The molecule has 1 aromatic heterocycles. The van der Waals surface area contributed by atoms with E-state index in [2.05, 4.69) is 27.3 Å². The van der Waals surface area contributed by atoms with Gasteiger partial charge in [0.25, 0.3) is 5.91 Å². The molecule has 0 bridgehead atoms. The van der Waals surface area contributed by atoms with Gasteiger partial charge < -0.3 is 15.0 Å². The van der Waals surface area contributed by atoms with Crippen LogP contribution in [0.15, 0.2) is 60.7 Å². The lowest BCUT2D eigenvalue weighted by atomic mass is 9.99. The maximum atomic E-state index is 12.8. The SMILES string of the molecule is CC1CCN(c2ccc(-c3ccc(NC(=O)COc4cccc(C(F)(F)F)c4)cc3)nn2)CC1. The molecule has 2 aromatic carbocycles. The standard InChI is InChI=1S/C25H25F3N4O2/c1-17-11-13-32(14-12-17)23-10-9-22(30-31-23)18-5-7-20(8-6-18)29-24(33)16-34-21-4-2-3-19(15-21)25(26,27)28/h2-10,15,17H,11-14,16H2,1H3,(H,29,33). The molecule has 0 unspecified atom stereocenters. The zero-order valence-electron chi connectivity index (χ0n) is 18.7. The van der Waals surface area contributed by atoms with Crippen LogP contribution in [0.3, 0.4) is 0 Å². The molecule has 1 aliphatic rings. The van der Waals surface area contributed by atoms with Gasteiger partial charge >= 0.3 is 6.18 Å². The smallest absolute Gasteiger partial charge is 0.416 e. The molecule has 1 saturated heterocycles. The molecule has 0 radical (unpaired) electrons. The van der Waals surface area contributed by atoms with Crippen molar-refractivity contribution in [3.63, 3.8) is 0 Å². The molecule has 4 rings (SSSR count). The molecule has 178 valence electrons. The molecule has 1 aliphatic heterocycles. The van der Waals surface area contributed by atoms with E-state index in [0.29, 0.717) is 5.69 Å². The van der Waals surface area contributed by atoms with E-state index in [1.54, 1.807) is 12.1 Å². The van der Waals surface area contributed by atoms with Crippen molar-refractivity contribution < 1.29 is 22.7 Å². The maximum Gasteiger partial charge on any atom is 0.416 e. The molecular formula is C25H25F3N4O2. The van der Waals surface area contributed by atoms with Crippen LogP contribution in [0.4, 0.5) is 24.7 Å². The predicted molar refractivity (Wildman–Crippen MR) is 124 cm³/mol. The van der Waals surface area contributed by atoms with E-state index in [0.717, 1.165) is 61.1 Å². The Bertz CT molecular complexity index is 1110. The Morgan fingerprint density at radius 2 is 1.79 bits per heavy atom. The number of carbonyl (C=O) groups excluding carboxylic acids is 1. The number of piperidine rings is 1. The quantitative estimate of drug-likeness (QED) is 0.521. The summed E-state index contributed by atoms with van der Waals surface area (Å²) in [6.07, 6.45) is -2.16. The number of anilines is 2. The summed E-state index contributed by atoms with van der Waals surface area (Å²) in [7, 11) is 0. The Morgan fingerprint density at radius 3 is 2.44 bits per heavy atom. The van der Waals surface area contributed by atoms with Gasteiger partial charge in [-0.3, -0.25) is 4.79 Å². The number of hydrogen-bond acceptors (Lipinski definition) is 5. The van der Waals surface area contributed by atoms with E-state index >= 15 is 0 Å². The van der Waals surface area contributed by atoms with Crippen molar-refractivity contribution in [3.05, 3.63) is 66.2 Å². The van der Waals surface area contributed by atoms with Crippen molar-refractivity contribution in [1.29, 1.82) is 0 Å². The predicted octanol–water partition coefficient (Wildman–Crippen LogP) is 5.42. The number of nitrogens with one attached hydrogen (secondary N) is 1. The van der Waals surface area contributed by atoms with Crippen LogP contribution >= 0.6 is 0 Å². The molecule has 0 aliphatic carbocycles. The Balaban J connectivity index is 1.31. The minimum absolute atomic E-state index is 0.0265. The topological polar surface area (TPSA) is 67.4 Å². The van der Waals surface area contributed by atoms with Crippen LogP contribution in [0.1, 0.15) is 25.3 Å². The summed E-state index contributed by atoms with van der Waals surface area (Å²) in [5.74, 6) is 1.11. The molecule has 0 atom stereocenters. The average Bonchev–Trinajstić information content (AvgIpc) is 2.84. The lowest BCUT2D eigenvalue weighted by Crippen LogP contribution is -2.33. The molecule has 6 nitrogen and oxygen atoms in total. The van der Waals surface area contributed by atoms with Gasteiger partial charge in [-0.25, -0.2) is 0 Å². The van der Waals surface area contributed by atoms with E-state index < -0.39 is 24.3 Å². The molecule has 1 fully saturated rings. The second-order valence-corrected chi connectivity index (χ2v) is 8.39. The summed E-state index contributed by atoms with van der Waals surface area (Å²) in [5, 5.41) is 11.4. The number of ether oxygens (including phenoxy) is 1. The minimum Gasteiger partial charge on any atom is -0.484 e. The van der Waals surface area contributed by atoms with Crippen LogP contribution in [0.2, 0.25) is 0 Å². The van der Waals surface area contributed by atoms with Crippen LogP contribution in [0.25, 0.3) is 11.3 Å². The summed E-state index contributed by atoms with van der Waals surface area (Å²) < 4.78 is 43.5. The monoisotopic (exact) mass is 470 g/mol. The van der Waals surface area contributed by atoms with Gasteiger partial charge in [0.1, 0.15) is 5.75 Å². The van der Waals surface area contributed by atoms with E-state index in [-0.39, 0.29) is 5.75 Å². The number of carbonyl (C=O) groups is 1. The highest BCUT2D eigenvalue weighted by Gasteiger charge is 2.30. The first kappa shape index (κ1) is 23.5. The Hall–Kier alpha value is -3.62. The second-order valence-electron chi connectivity index (χ2n) is 8.39. The second kappa shape index (κ2) is 10.1. The number of rotatable bonds is 6. The molecule has 34 heavy (non-hydrogen) atoms. The zero-order valence-corrected chi connectivity index (χ0v) is 18.7. The third-order valence-electron chi connectivity index (χ3n) is 5.75. The number of amides is 1. The fourth-order valence-electron chi connectivity index (χ4n) is 3.72. The summed E-state index contributed by atoms with van der Waals surface area (Å²) in [4.78, 5) is 14.4. The first-order valence-corrected chi connectivity index (χ1v) is 11.1. The Morgan fingerprint density at radius 1 is 1.06 bits per heavy atom. The van der Waals surface area contributed by atoms with Gasteiger partial charge in [0, 0.05) is 24.3 Å². The lowest BCUT2D eigenvalue weighted by Gasteiger charge is -2.30. The molecule has 3 aromatic rings. The highest BCUT2D eigenvalue weighted by atomic mass is 19.4. The summed E-state index contributed by atoms with van der Waals surface area (Å²) in [6.45, 7) is 3.83. The van der Waals surface area contributed by atoms with E-state index in [4.69, 9.17) is 4.74 Å². The van der Waals surface area contributed by atoms with Gasteiger partial charge in [0.2, 0.25) is 0 Å². The molecule has 1 amide bonds. The Labute approximate surface area is 195 Å². The highest BCUT2D eigenvalue weighted by Crippen LogP contribution is 2.31. The maximum absolute atomic E-state index is 12.8. The summed E-state index contributed by atoms with van der Waals surface area (Å²) >= 11 is 0. The van der Waals surface area contributed by atoms with Crippen molar-refractivity contribution >= 4 is 17.4 Å². The molecule has 0 spiro atoms. The van der Waals surface area contributed by atoms with Crippen LogP contribution < -0.4 is 15.0 Å². The van der Waals surface area contributed by atoms with Crippen LogP contribution in [-0.4, -0.2) is 35.8 Å². The van der Waals surface area contributed by atoms with Gasteiger partial charge in [-0.2, -0.15) is 13.2 Å². The molecule has 0 saturated carbocycles. The first-order chi connectivity index (χ1) is 16.3. The number of alkyl halides is 3. The fraction of sp³-hybridized carbons (Fsp3) is 0.320. The third-order valence-corrected chi connectivity index (χ3v) is 5.75. The number of benzene rings is 2. The third kappa shape index (κ3) is 6.03. The minimum atomic E-state index is -4.47. The molecular weight excluding hydrogens is 445 g/mol. The van der Waals surface area contributed by atoms with Gasteiger partial charge in [0.15, 0.2) is 12.4 Å². The lowest BCUT2D eigenvalue weighted by molar-refractivity contribution is -0.137. The van der Waals surface area contributed by atoms with Crippen molar-refractivity contribution in [2.75, 3.05) is 29.9 Å². The van der Waals surface area contributed by atoms with Gasteiger partial charge in [0.05, 0.1) is 11.3 Å². The summed E-state index contributed by atoms with van der Waals surface area (Å²) in [5.41, 5.74) is 1.28. The van der Waals surface area contributed by atoms with Crippen LogP contribution in [-0.2, 0) is 11.0 Å². The van der Waals surface area contributed by atoms with E-state index in [1.165, 1.54) is 12.1 Å². The number of halogens is 3. The average molecular weight is 470 g/mol. The number of aromatic nitrogens is 2. The van der Waals surface area contributed by atoms with Crippen molar-refractivity contribution in [1.82, 2.24) is 10.2 Å². The highest BCUT2D eigenvalue weighted by molar-refractivity contribution is 5.92. The zero-order chi connectivity index (χ0) is 24.1. The molecule has 9 heteroatoms. The van der Waals surface area contributed by atoms with Crippen LogP contribution in [0.5, 0.6) is 5.75 Å². The normalized spacial score (nSPS) is 14.6.